The molecule has 0 saturated carbocycles. The summed E-state index contributed by atoms with van der Waals surface area (Å²) in [7, 11) is -3.43. The third-order valence-corrected chi connectivity index (χ3v) is 7.19. The summed E-state index contributed by atoms with van der Waals surface area (Å²) in [6, 6.07) is 14.6. The van der Waals surface area contributed by atoms with Gasteiger partial charge >= 0.3 is 0 Å². The molecule has 2 aromatic rings. The lowest BCUT2D eigenvalue weighted by molar-refractivity contribution is 0.107. The fraction of sp³-hybridized carbons (Fsp3) is 0.0500. The normalized spacial score (nSPS) is 19.3. The molecule has 114 valence electrons. The van der Waals surface area contributed by atoms with Crippen molar-refractivity contribution >= 4 is 23.5 Å². The van der Waals surface area contributed by atoms with E-state index in [2.05, 4.69) is 13.2 Å². The Morgan fingerprint density at radius 3 is 2.30 bits per heavy atom. The Balaban J connectivity index is 2.33. The SMILES string of the molecule is C=CC1=C(C=C)P(=O)(C(=O)c2ccccc2C)c2ccccc21. The van der Waals surface area contributed by atoms with Crippen molar-refractivity contribution in [3.05, 3.63) is 95.8 Å². The molecule has 0 bridgehead atoms. The molecule has 2 aromatic carbocycles. The first kappa shape index (κ1) is 15.5. The molecule has 1 aliphatic rings. The van der Waals surface area contributed by atoms with Gasteiger partial charge < -0.3 is 4.57 Å². The van der Waals surface area contributed by atoms with Gasteiger partial charge in [0.2, 0.25) is 12.7 Å². The number of rotatable bonds is 4. The van der Waals surface area contributed by atoms with Crippen LogP contribution in [0.4, 0.5) is 0 Å². The zero-order chi connectivity index (χ0) is 16.6. The van der Waals surface area contributed by atoms with Gasteiger partial charge in [-0.25, -0.2) is 0 Å². The highest BCUT2D eigenvalue weighted by Crippen LogP contribution is 2.63. The van der Waals surface area contributed by atoms with Crippen molar-refractivity contribution in [3.63, 3.8) is 0 Å². The molecule has 2 nitrogen and oxygen atoms in total. The zero-order valence-corrected chi connectivity index (χ0v) is 13.8. The highest BCUT2D eigenvalue weighted by molar-refractivity contribution is 7.91. The van der Waals surface area contributed by atoms with Crippen LogP contribution >= 0.6 is 7.14 Å². The highest BCUT2D eigenvalue weighted by atomic mass is 31.2. The van der Waals surface area contributed by atoms with E-state index in [4.69, 9.17) is 0 Å². The molecule has 0 spiro atoms. The zero-order valence-electron chi connectivity index (χ0n) is 13.0. The molecule has 3 rings (SSSR count). The van der Waals surface area contributed by atoms with E-state index in [9.17, 15) is 9.36 Å². The van der Waals surface area contributed by atoms with Gasteiger partial charge in [0.1, 0.15) is 0 Å². The summed E-state index contributed by atoms with van der Waals surface area (Å²) in [4.78, 5) is 13.2. The summed E-state index contributed by atoms with van der Waals surface area (Å²) in [6.07, 6.45) is 3.19. The average Bonchev–Trinajstić information content (AvgIpc) is 2.84. The topological polar surface area (TPSA) is 34.1 Å². The van der Waals surface area contributed by atoms with Crippen LogP contribution in [0.15, 0.2) is 79.2 Å². The number of hydrogen-bond donors (Lipinski definition) is 0. The molecule has 0 aliphatic carbocycles. The lowest BCUT2D eigenvalue weighted by Crippen LogP contribution is -2.13. The van der Waals surface area contributed by atoms with E-state index in [1.54, 1.807) is 24.3 Å². The van der Waals surface area contributed by atoms with Crippen LogP contribution < -0.4 is 5.30 Å². The fourth-order valence-corrected chi connectivity index (χ4v) is 5.99. The van der Waals surface area contributed by atoms with E-state index in [0.717, 1.165) is 16.7 Å². The Bertz CT molecular complexity index is 919. The maximum Gasteiger partial charge on any atom is 0.230 e. The summed E-state index contributed by atoms with van der Waals surface area (Å²) >= 11 is 0. The van der Waals surface area contributed by atoms with Crippen molar-refractivity contribution in [2.75, 3.05) is 0 Å². The summed E-state index contributed by atoms with van der Waals surface area (Å²) in [5.41, 5.74) is 2.52. The molecule has 1 atom stereocenters. The maximum atomic E-state index is 13.9. The van der Waals surface area contributed by atoms with Gasteiger partial charge in [-0.3, -0.25) is 4.79 Å². The quantitative estimate of drug-likeness (QED) is 0.749. The standard InChI is InChI=1S/C20H17O2P/c1-4-15-17-12-8-9-13-19(17)23(22,18(15)5-2)20(21)16-11-7-6-10-14(16)3/h4-13H,1-2H2,3H3. The van der Waals surface area contributed by atoms with Crippen molar-refractivity contribution in [2.24, 2.45) is 0 Å². The van der Waals surface area contributed by atoms with Crippen molar-refractivity contribution in [1.82, 2.24) is 0 Å². The minimum atomic E-state index is -3.43. The number of carbonyl (C=O) groups excluding carboxylic acids is 1. The third-order valence-electron chi connectivity index (χ3n) is 4.21. The van der Waals surface area contributed by atoms with E-state index in [0.29, 0.717) is 16.2 Å². The minimum Gasteiger partial charge on any atom is -0.305 e. The minimum absolute atomic E-state index is 0.338. The molecule has 0 radical (unpaired) electrons. The summed E-state index contributed by atoms with van der Waals surface area (Å²) < 4.78 is 13.9. The van der Waals surface area contributed by atoms with Crippen LogP contribution in [-0.4, -0.2) is 5.52 Å². The Hall–Kier alpha value is -2.44. The summed E-state index contributed by atoms with van der Waals surface area (Å²) in [6.45, 7) is 9.46. The smallest absolute Gasteiger partial charge is 0.230 e. The first-order valence-electron chi connectivity index (χ1n) is 7.36. The number of hydrogen-bond acceptors (Lipinski definition) is 2. The van der Waals surface area contributed by atoms with E-state index in [1.807, 2.05) is 37.3 Å². The predicted molar refractivity (Wildman–Crippen MR) is 96.5 cm³/mol. The Morgan fingerprint density at radius 2 is 1.65 bits per heavy atom. The van der Waals surface area contributed by atoms with Crippen LogP contribution in [0.1, 0.15) is 21.5 Å². The second-order valence-corrected chi connectivity index (χ2v) is 8.04. The van der Waals surface area contributed by atoms with Crippen molar-refractivity contribution < 1.29 is 9.36 Å². The second kappa shape index (κ2) is 5.64. The van der Waals surface area contributed by atoms with Crippen molar-refractivity contribution in [1.29, 1.82) is 0 Å². The van der Waals surface area contributed by atoms with Crippen LogP contribution in [-0.2, 0) is 4.57 Å². The van der Waals surface area contributed by atoms with Gasteiger partial charge in [0, 0.05) is 16.2 Å². The fourth-order valence-electron chi connectivity index (χ4n) is 3.07. The molecule has 3 heteroatoms. The van der Waals surface area contributed by atoms with E-state index in [1.165, 1.54) is 6.08 Å². The number of allylic oxidation sites excluding steroid dienone is 4. The van der Waals surface area contributed by atoms with Gasteiger partial charge in [0.15, 0.2) is 0 Å². The predicted octanol–water partition coefficient (Wildman–Crippen LogP) is 4.92. The van der Waals surface area contributed by atoms with E-state index < -0.39 is 7.14 Å². The van der Waals surface area contributed by atoms with Gasteiger partial charge in [0.05, 0.1) is 0 Å². The lowest BCUT2D eigenvalue weighted by atomic mass is 10.1. The number of benzene rings is 2. The molecule has 23 heavy (non-hydrogen) atoms. The first-order valence-corrected chi connectivity index (χ1v) is 9.06. The Labute approximate surface area is 136 Å². The van der Waals surface area contributed by atoms with Gasteiger partial charge in [-0.05, 0) is 23.6 Å². The molecule has 1 heterocycles. The van der Waals surface area contributed by atoms with Gasteiger partial charge in [0.25, 0.3) is 0 Å². The van der Waals surface area contributed by atoms with Crippen LogP contribution in [0, 0.1) is 6.92 Å². The molecule has 0 N–H and O–H groups in total. The molecular formula is C20H17O2P. The van der Waals surface area contributed by atoms with Crippen molar-refractivity contribution in [2.45, 2.75) is 6.92 Å². The van der Waals surface area contributed by atoms with Crippen LogP contribution in [0.2, 0.25) is 0 Å². The highest BCUT2D eigenvalue weighted by Gasteiger charge is 2.45. The number of fused-ring (bicyclic) bond motifs is 1. The van der Waals surface area contributed by atoms with E-state index in [-0.39, 0.29) is 5.52 Å². The van der Waals surface area contributed by atoms with E-state index >= 15 is 0 Å². The summed E-state index contributed by atoms with van der Waals surface area (Å²) in [5, 5.41) is 1.07. The molecule has 0 amide bonds. The summed E-state index contributed by atoms with van der Waals surface area (Å²) in [5.74, 6) is 0. The van der Waals surface area contributed by atoms with Crippen molar-refractivity contribution in [3.8, 4) is 0 Å². The Morgan fingerprint density at radius 1 is 1.00 bits per heavy atom. The average molecular weight is 320 g/mol. The maximum absolute atomic E-state index is 13.9. The monoisotopic (exact) mass is 320 g/mol. The molecule has 0 fully saturated rings. The van der Waals surface area contributed by atoms with Gasteiger partial charge in [-0.15, -0.1) is 0 Å². The Kier molecular flexibility index (Phi) is 3.79. The molecule has 1 unspecified atom stereocenters. The second-order valence-electron chi connectivity index (χ2n) is 5.45. The third kappa shape index (κ3) is 2.10. The largest absolute Gasteiger partial charge is 0.305 e. The lowest BCUT2D eigenvalue weighted by Gasteiger charge is -2.16. The first-order chi connectivity index (χ1) is 11.1. The molecule has 0 aromatic heterocycles. The number of carbonyl (C=O) groups is 1. The molecular weight excluding hydrogens is 303 g/mol. The number of aryl methyl sites for hydroxylation is 1. The van der Waals surface area contributed by atoms with Gasteiger partial charge in [-0.2, -0.15) is 0 Å². The molecule has 1 aliphatic heterocycles. The van der Waals surface area contributed by atoms with Crippen LogP contribution in [0.3, 0.4) is 0 Å². The van der Waals surface area contributed by atoms with Gasteiger partial charge in [-0.1, -0.05) is 73.8 Å². The van der Waals surface area contributed by atoms with Crippen LogP contribution in [0.25, 0.3) is 5.57 Å². The molecule has 0 saturated heterocycles. The van der Waals surface area contributed by atoms with Crippen LogP contribution in [0.5, 0.6) is 0 Å².